The molecule has 1 heterocycles. The van der Waals surface area contributed by atoms with Gasteiger partial charge in [0.2, 0.25) is 0 Å². The van der Waals surface area contributed by atoms with Gasteiger partial charge in [-0.25, -0.2) is 0 Å². The number of halogens is 1. The molecular formula is C12H13ClN2O2S. The summed E-state index contributed by atoms with van der Waals surface area (Å²) < 4.78 is 0. The molecule has 1 saturated heterocycles. The van der Waals surface area contributed by atoms with Gasteiger partial charge in [0.15, 0.2) is 5.37 Å². The average molecular weight is 285 g/mol. The van der Waals surface area contributed by atoms with Gasteiger partial charge in [-0.1, -0.05) is 17.7 Å². The Balaban J connectivity index is 2.13. The molecule has 0 bridgehead atoms. The van der Waals surface area contributed by atoms with Crippen LogP contribution in [0.25, 0.3) is 0 Å². The van der Waals surface area contributed by atoms with Crippen molar-refractivity contribution in [1.29, 1.82) is 0 Å². The highest BCUT2D eigenvalue weighted by molar-refractivity contribution is 8.15. The maximum Gasteiger partial charge on any atom is 0.290 e. The van der Waals surface area contributed by atoms with E-state index in [1.54, 1.807) is 13.0 Å². The minimum absolute atomic E-state index is 0.204. The SMILES string of the molecule is CCN1C(=O)SC(Nc2ccc(C)c(Cl)c2)C1=O. The lowest BCUT2D eigenvalue weighted by atomic mass is 10.2. The molecule has 1 aliphatic rings. The van der Waals surface area contributed by atoms with Crippen LogP contribution >= 0.6 is 23.4 Å². The number of hydrogen-bond acceptors (Lipinski definition) is 4. The number of carbonyl (C=O) groups excluding carboxylic acids is 2. The molecule has 0 saturated carbocycles. The molecule has 0 radical (unpaired) electrons. The van der Waals surface area contributed by atoms with Crippen LogP contribution in [0.2, 0.25) is 5.02 Å². The summed E-state index contributed by atoms with van der Waals surface area (Å²) in [6.07, 6.45) is 0. The fraction of sp³-hybridized carbons (Fsp3) is 0.333. The van der Waals surface area contributed by atoms with Crippen LogP contribution in [0.5, 0.6) is 0 Å². The van der Waals surface area contributed by atoms with Crippen LogP contribution in [0.3, 0.4) is 0 Å². The van der Waals surface area contributed by atoms with E-state index in [1.165, 1.54) is 4.90 Å². The van der Waals surface area contributed by atoms with Crippen molar-refractivity contribution in [2.24, 2.45) is 0 Å². The molecule has 0 aliphatic carbocycles. The van der Waals surface area contributed by atoms with Crippen molar-refractivity contribution in [3.63, 3.8) is 0 Å². The van der Waals surface area contributed by atoms with Crippen molar-refractivity contribution in [1.82, 2.24) is 4.90 Å². The maximum absolute atomic E-state index is 11.9. The number of nitrogens with one attached hydrogen (secondary N) is 1. The zero-order valence-electron chi connectivity index (χ0n) is 10.1. The van der Waals surface area contributed by atoms with Gasteiger partial charge in [-0.2, -0.15) is 0 Å². The van der Waals surface area contributed by atoms with E-state index >= 15 is 0 Å². The first kappa shape index (κ1) is 13.2. The van der Waals surface area contributed by atoms with E-state index < -0.39 is 5.37 Å². The largest absolute Gasteiger partial charge is 0.365 e. The van der Waals surface area contributed by atoms with Crippen molar-refractivity contribution in [3.05, 3.63) is 28.8 Å². The number of rotatable bonds is 3. The van der Waals surface area contributed by atoms with Crippen molar-refractivity contribution in [3.8, 4) is 0 Å². The highest BCUT2D eigenvalue weighted by atomic mass is 35.5. The molecule has 96 valence electrons. The third-order valence-corrected chi connectivity index (χ3v) is 4.10. The summed E-state index contributed by atoms with van der Waals surface area (Å²) >= 11 is 7.01. The maximum atomic E-state index is 11.9. The Morgan fingerprint density at radius 3 is 2.72 bits per heavy atom. The highest BCUT2D eigenvalue weighted by Gasteiger charge is 2.38. The molecule has 1 aromatic carbocycles. The summed E-state index contributed by atoms with van der Waals surface area (Å²) in [4.78, 5) is 24.7. The number of likely N-dealkylation sites (N-methyl/N-ethyl adjacent to an activating group) is 1. The minimum Gasteiger partial charge on any atom is -0.365 e. The molecule has 2 amide bonds. The summed E-state index contributed by atoms with van der Waals surface area (Å²) in [7, 11) is 0. The summed E-state index contributed by atoms with van der Waals surface area (Å²) in [5.74, 6) is -0.204. The van der Waals surface area contributed by atoms with Gasteiger partial charge < -0.3 is 5.32 Å². The molecule has 18 heavy (non-hydrogen) atoms. The van der Waals surface area contributed by atoms with Gasteiger partial charge >= 0.3 is 0 Å². The number of carbonyl (C=O) groups is 2. The Labute approximate surface area is 115 Å². The molecule has 1 fully saturated rings. The van der Waals surface area contributed by atoms with Gasteiger partial charge in [0.25, 0.3) is 11.1 Å². The van der Waals surface area contributed by atoms with Crippen molar-refractivity contribution < 1.29 is 9.59 Å². The van der Waals surface area contributed by atoms with Gasteiger partial charge in [0.1, 0.15) is 0 Å². The van der Waals surface area contributed by atoms with Crippen molar-refractivity contribution in [2.45, 2.75) is 19.2 Å². The lowest BCUT2D eigenvalue weighted by Crippen LogP contribution is -2.34. The van der Waals surface area contributed by atoms with Crippen LogP contribution in [-0.4, -0.2) is 28.0 Å². The van der Waals surface area contributed by atoms with Gasteiger partial charge in [-0.3, -0.25) is 14.5 Å². The standard InChI is InChI=1S/C12H13ClN2O2S/c1-3-15-11(16)10(18-12(15)17)14-8-5-4-7(2)9(13)6-8/h4-6,10,14H,3H2,1-2H3. The summed E-state index contributed by atoms with van der Waals surface area (Å²) in [5, 5.41) is 2.88. The van der Waals surface area contributed by atoms with E-state index in [2.05, 4.69) is 5.32 Å². The van der Waals surface area contributed by atoms with Crippen LogP contribution < -0.4 is 5.32 Å². The number of benzene rings is 1. The number of anilines is 1. The number of nitrogens with zero attached hydrogens (tertiary/aromatic N) is 1. The monoisotopic (exact) mass is 284 g/mol. The predicted molar refractivity (Wildman–Crippen MR) is 74.0 cm³/mol. The number of thioether (sulfide) groups is 1. The van der Waals surface area contributed by atoms with E-state index in [0.29, 0.717) is 11.6 Å². The number of aryl methyl sites for hydroxylation is 1. The second-order valence-corrected chi connectivity index (χ2v) is 5.42. The zero-order chi connectivity index (χ0) is 13.3. The Hall–Kier alpha value is -1.20. The molecule has 1 aromatic rings. The summed E-state index contributed by atoms with van der Waals surface area (Å²) in [6.45, 7) is 4.09. The molecule has 0 aromatic heterocycles. The number of amides is 2. The van der Waals surface area contributed by atoms with Crippen LogP contribution in [0.1, 0.15) is 12.5 Å². The lowest BCUT2D eigenvalue weighted by molar-refractivity contribution is -0.126. The first-order valence-corrected chi connectivity index (χ1v) is 6.83. The normalized spacial score (nSPS) is 19.5. The quantitative estimate of drug-likeness (QED) is 0.927. The molecule has 0 spiro atoms. The predicted octanol–water partition coefficient (Wildman–Crippen LogP) is 3.10. The molecule has 1 unspecified atom stereocenters. The molecule has 2 rings (SSSR count). The van der Waals surface area contributed by atoms with Gasteiger partial charge in [-0.15, -0.1) is 0 Å². The average Bonchev–Trinajstić information content (AvgIpc) is 2.59. The first-order chi connectivity index (χ1) is 8.52. The van der Waals surface area contributed by atoms with Gasteiger partial charge in [0, 0.05) is 17.3 Å². The third-order valence-electron chi connectivity index (χ3n) is 2.72. The Morgan fingerprint density at radius 1 is 1.44 bits per heavy atom. The van der Waals surface area contributed by atoms with E-state index in [4.69, 9.17) is 11.6 Å². The fourth-order valence-electron chi connectivity index (χ4n) is 1.66. The smallest absolute Gasteiger partial charge is 0.290 e. The third kappa shape index (κ3) is 2.47. The van der Waals surface area contributed by atoms with Crippen molar-refractivity contribution >= 4 is 40.2 Å². The van der Waals surface area contributed by atoms with Crippen LogP contribution in [-0.2, 0) is 4.79 Å². The summed E-state index contributed by atoms with van der Waals surface area (Å²) in [6, 6.07) is 5.46. The minimum atomic E-state index is -0.559. The molecule has 6 heteroatoms. The Kier molecular flexibility index (Phi) is 3.82. The van der Waals surface area contributed by atoms with Crippen LogP contribution in [0.15, 0.2) is 18.2 Å². The molecule has 1 N–H and O–H groups in total. The second-order valence-electron chi connectivity index (χ2n) is 3.95. The number of imide groups is 1. The van der Waals surface area contributed by atoms with Crippen LogP contribution in [0, 0.1) is 6.92 Å². The van der Waals surface area contributed by atoms with E-state index in [9.17, 15) is 9.59 Å². The molecular weight excluding hydrogens is 272 g/mol. The fourth-order valence-corrected chi connectivity index (χ4v) is 2.81. The molecule has 4 nitrogen and oxygen atoms in total. The first-order valence-electron chi connectivity index (χ1n) is 5.57. The topological polar surface area (TPSA) is 49.4 Å². The van der Waals surface area contributed by atoms with E-state index in [-0.39, 0.29) is 11.1 Å². The van der Waals surface area contributed by atoms with Gasteiger partial charge in [-0.05, 0) is 43.3 Å². The summed E-state index contributed by atoms with van der Waals surface area (Å²) in [5.41, 5.74) is 1.71. The molecule has 1 aliphatic heterocycles. The van der Waals surface area contributed by atoms with E-state index in [1.807, 2.05) is 19.1 Å². The molecule has 1 atom stereocenters. The van der Waals surface area contributed by atoms with Crippen molar-refractivity contribution in [2.75, 3.05) is 11.9 Å². The Bertz CT molecular complexity index is 507. The Morgan fingerprint density at radius 2 is 2.17 bits per heavy atom. The highest BCUT2D eigenvalue weighted by Crippen LogP contribution is 2.29. The van der Waals surface area contributed by atoms with E-state index in [0.717, 1.165) is 23.0 Å². The lowest BCUT2D eigenvalue weighted by Gasteiger charge is -2.13. The van der Waals surface area contributed by atoms with Gasteiger partial charge in [0.05, 0.1) is 0 Å². The number of hydrogen-bond donors (Lipinski definition) is 1. The second kappa shape index (κ2) is 5.20. The van der Waals surface area contributed by atoms with Crippen LogP contribution in [0.4, 0.5) is 10.5 Å². The zero-order valence-corrected chi connectivity index (χ0v) is 11.6.